The van der Waals surface area contributed by atoms with Crippen molar-refractivity contribution < 1.29 is 0 Å². The SMILES string of the molecule is CCNC(C=C(C)C)Cc1ccncc1. The first-order chi connectivity index (χ1) is 7.22. The van der Waals surface area contributed by atoms with Gasteiger partial charge in [-0.25, -0.2) is 0 Å². The van der Waals surface area contributed by atoms with Crippen LogP contribution in [0.1, 0.15) is 26.3 Å². The monoisotopic (exact) mass is 204 g/mol. The molecule has 0 bridgehead atoms. The van der Waals surface area contributed by atoms with E-state index >= 15 is 0 Å². The van der Waals surface area contributed by atoms with Gasteiger partial charge in [-0.2, -0.15) is 0 Å². The van der Waals surface area contributed by atoms with Gasteiger partial charge >= 0.3 is 0 Å². The lowest BCUT2D eigenvalue weighted by molar-refractivity contribution is 0.609. The van der Waals surface area contributed by atoms with Gasteiger partial charge in [-0.05, 0) is 44.5 Å². The largest absolute Gasteiger partial charge is 0.310 e. The van der Waals surface area contributed by atoms with Gasteiger partial charge in [0.15, 0.2) is 0 Å². The average Bonchev–Trinajstić information content (AvgIpc) is 2.18. The molecule has 0 aliphatic heterocycles. The summed E-state index contributed by atoms with van der Waals surface area (Å²) in [7, 11) is 0. The molecule has 2 nitrogen and oxygen atoms in total. The van der Waals surface area contributed by atoms with Crippen LogP contribution in [0.2, 0.25) is 0 Å². The summed E-state index contributed by atoms with van der Waals surface area (Å²) in [6.07, 6.45) is 7.01. The predicted molar refractivity (Wildman–Crippen MR) is 64.8 cm³/mol. The summed E-state index contributed by atoms with van der Waals surface area (Å²) in [6.45, 7) is 7.41. The van der Waals surface area contributed by atoms with Crippen molar-refractivity contribution in [1.29, 1.82) is 0 Å². The highest BCUT2D eigenvalue weighted by Crippen LogP contribution is 2.04. The van der Waals surface area contributed by atoms with E-state index in [0.717, 1.165) is 13.0 Å². The highest BCUT2D eigenvalue weighted by Gasteiger charge is 2.04. The van der Waals surface area contributed by atoms with E-state index in [1.54, 1.807) is 0 Å². The second kappa shape index (κ2) is 6.36. The van der Waals surface area contributed by atoms with Crippen LogP contribution < -0.4 is 5.32 Å². The van der Waals surface area contributed by atoms with Crippen LogP contribution >= 0.6 is 0 Å². The third-order valence-corrected chi connectivity index (χ3v) is 2.21. The first-order valence-electron chi connectivity index (χ1n) is 5.49. The van der Waals surface area contributed by atoms with Gasteiger partial charge in [0.2, 0.25) is 0 Å². The molecular weight excluding hydrogens is 184 g/mol. The summed E-state index contributed by atoms with van der Waals surface area (Å²) in [4.78, 5) is 4.02. The molecule has 0 spiro atoms. The molecule has 0 amide bonds. The summed E-state index contributed by atoms with van der Waals surface area (Å²) in [5, 5.41) is 3.47. The van der Waals surface area contributed by atoms with Crippen LogP contribution in [0.15, 0.2) is 36.2 Å². The van der Waals surface area contributed by atoms with Crippen LogP contribution in [-0.2, 0) is 6.42 Å². The van der Waals surface area contributed by atoms with Crippen LogP contribution in [-0.4, -0.2) is 17.6 Å². The molecule has 0 saturated carbocycles. The maximum absolute atomic E-state index is 4.02. The topological polar surface area (TPSA) is 24.9 Å². The molecule has 0 fully saturated rings. The molecule has 1 N–H and O–H groups in total. The lowest BCUT2D eigenvalue weighted by Gasteiger charge is -2.14. The minimum atomic E-state index is 0.433. The second-order valence-corrected chi connectivity index (χ2v) is 3.97. The van der Waals surface area contributed by atoms with Crippen molar-refractivity contribution >= 4 is 0 Å². The lowest BCUT2D eigenvalue weighted by Crippen LogP contribution is -2.29. The molecule has 1 heterocycles. The molecule has 1 aromatic rings. The Morgan fingerprint density at radius 2 is 2.07 bits per heavy atom. The fourth-order valence-corrected chi connectivity index (χ4v) is 1.63. The maximum atomic E-state index is 4.02. The Labute approximate surface area is 92.4 Å². The first-order valence-corrected chi connectivity index (χ1v) is 5.49. The van der Waals surface area contributed by atoms with Crippen LogP contribution in [0, 0.1) is 0 Å². The zero-order chi connectivity index (χ0) is 11.1. The minimum Gasteiger partial charge on any atom is -0.310 e. The van der Waals surface area contributed by atoms with E-state index in [2.05, 4.69) is 49.3 Å². The standard InChI is InChI=1S/C13H20N2/c1-4-15-13(9-11(2)3)10-12-5-7-14-8-6-12/h5-9,13,15H,4,10H2,1-3H3. The highest BCUT2D eigenvalue weighted by atomic mass is 14.9. The van der Waals surface area contributed by atoms with Gasteiger partial charge in [0, 0.05) is 18.4 Å². The van der Waals surface area contributed by atoms with E-state index in [0.29, 0.717) is 6.04 Å². The average molecular weight is 204 g/mol. The van der Waals surface area contributed by atoms with E-state index in [1.807, 2.05) is 12.4 Å². The van der Waals surface area contributed by atoms with Crippen molar-refractivity contribution in [3.8, 4) is 0 Å². The van der Waals surface area contributed by atoms with Crippen molar-refractivity contribution in [3.05, 3.63) is 41.7 Å². The number of hydrogen-bond acceptors (Lipinski definition) is 2. The van der Waals surface area contributed by atoms with Crippen LogP contribution in [0.25, 0.3) is 0 Å². The molecule has 1 unspecified atom stereocenters. The molecule has 1 atom stereocenters. The number of pyridine rings is 1. The molecule has 0 aliphatic rings. The Bertz CT molecular complexity index is 300. The summed E-state index contributed by atoms with van der Waals surface area (Å²) in [5.74, 6) is 0. The number of likely N-dealkylation sites (N-methyl/N-ethyl adjacent to an activating group) is 1. The molecule has 0 aromatic carbocycles. The zero-order valence-corrected chi connectivity index (χ0v) is 9.83. The number of nitrogens with zero attached hydrogens (tertiary/aromatic N) is 1. The van der Waals surface area contributed by atoms with Crippen LogP contribution in [0.3, 0.4) is 0 Å². The number of allylic oxidation sites excluding steroid dienone is 1. The molecule has 0 saturated heterocycles. The quantitative estimate of drug-likeness (QED) is 0.746. The Hall–Kier alpha value is -1.15. The van der Waals surface area contributed by atoms with E-state index in [9.17, 15) is 0 Å². The number of aromatic nitrogens is 1. The summed E-state index contributed by atoms with van der Waals surface area (Å²) >= 11 is 0. The van der Waals surface area contributed by atoms with E-state index in [1.165, 1.54) is 11.1 Å². The van der Waals surface area contributed by atoms with Gasteiger partial charge < -0.3 is 5.32 Å². The van der Waals surface area contributed by atoms with Crippen molar-refractivity contribution in [2.75, 3.05) is 6.54 Å². The molecule has 2 heteroatoms. The third-order valence-electron chi connectivity index (χ3n) is 2.21. The van der Waals surface area contributed by atoms with Gasteiger partial charge in [0.1, 0.15) is 0 Å². The maximum Gasteiger partial charge on any atom is 0.0292 e. The molecule has 1 rings (SSSR count). The zero-order valence-electron chi connectivity index (χ0n) is 9.83. The van der Waals surface area contributed by atoms with Gasteiger partial charge in [0.05, 0.1) is 0 Å². The van der Waals surface area contributed by atoms with E-state index < -0.39 is 0 Å². The predicted octanol–water partition coefficient (Wildman–Crippen LogP) is 2.57. The van der Waals surface area contributed by atoms with Crippen molar-refractivity contribution in [1.82, 2.24) is 10.3 Å². The lowest BCUT2D eigenvalue weighted by atomic mass is 10.1. The van der Waals surface area contributed by atoms with Crippen molar-refractivity contribution in [3.63, 3.8) is 0 Å². The van der Waals surface area contributed by atoms with Gasteiger partial charge in [-0.3, -0.25) is 4.98 Å². The summed E-state index contributed by atoms with van der Waals surface area (Å²) in [5.41, 5.74) is 2.68. The van der Waals surface area contributed by atoms with Gasteiger partial charge in [-0.1, -0.05) is 18.6 Å². The third kappa shape index (κ3) is 4.75. The molecule has 0 aliphatic carbocycles. The normalized spacial score (nSPS) is 12.2. The van der Waals surface area contributed by atoms with Crippen LogP contribution in [0.5, 0.6) is 0 Å². The Morgan fingerprint density at radius 3 is 2.60 bits per heavy atom. The Balaban J connectivity index is 2.63. The summed E-state index contributed by atoms with van der Waals surface area (Å²) in [6, 6.07) is 4.58. The van der Waals surface area contributed by atoms with E-state index in [4.69, 9.17) is 0 Å². The Kier molecular flexibility index (Phi) is 5.05. The number of hydrogen-bond donors (Lipinski definition) is 1. The smallest absolute Gasteiger partial charge is 0.0292 e. The minimum absolute atomic E-state index is 0.433. The molecule has 1 aromatic heterocycles. The molecule has 82 valence electrons. The van der Waals surface area contributed by atoms with Crippen LogP contribution in [0.4, 0.5) is 0 Å². The highest BCUT2D eigenvalue weighted by molar-refractivity contribution is 5.14. The second-order valence-electron chi connectivity index (χ2n) is 3.97. The van der Waals surface area contributed by atoms with Crippen molar-refractivity contribution in [2.45, 2.75) is 33.2 Å². The fourth-order valence-electron chi connectivity index (χ4n) is 1.63. The summed E-state index contributed by atoms with van der Waals surface area (Å²) < 4.78 is 0. The Morgan fingerprint density at radius 1 is 1.40 bits per heavy atom. The molecular formula is C13H20N2. The van der Waals surface area contributed by atoms with Gasteiger partial charge in [0.25, 0.3) is 0 Å². The molecule has 15 heavy (non-hydrogen) atoms. The van der Waals surface area contributed by atoms with E-state index in [-0.39, 0.29) is 0 Å². The fraction of sp³-hybridized carbons (Fsp3) is 0.462. The van der Waals surface area contributed by atoms with Gasteiger partial charge in [-0.15, -0.1) is 0 Å². The number of rotatable bonds is 5. The van der Waals surface area contributed by atoms with Crippen molar-refractivity contribution in [2.24, 2.45) is 0 Å². The first kappa shape index (κ1) is 11.9. The number of nitrogens with one attached hydrogen (secondary N) is 1. The molecule has 0 radical (unpaired) electrons.